The molecular weight excluding hydrogens is 356 g/mol. The summed E-state index contributed by atoms with van der Waals surface area (Å²) in [6, 6.07) is 0. The Morgan fingerprint density at radius 2 is 1.20 bits per heavy atom. The van der Waals surface area contributed by atoms with Gasteiger partial charge in [-0.05, 0) is 15.6 Å². The van der Waals surface area contributed by atoms with Crippen molar-refractivity contribution in [1.29, 1.82) is 0 Å². The quantitative estimate of drug-likeness (QED) is 0.237. The molecule has 0 radical (unpaired) electrons. The second-order valence-electron chi connectivity index (χ2n) is 3.73. The summed E-state index contributed by atoms with van der Waals surface area (Å²) in [7, 11) is -6.47. The van der Waals surface area contributed by atoms with Crippen LogP contribution in [-0.2, 0) is 13.4 Å². The Hall–Kier alpha value is 3.31. The molecule has 0 saturated carbocycles. The molecule has 0 rings (SSSR count). The van der Waals surface area contributed by atoms with Gasteiger partial charge in [-0.2, -0.15) is 0 Å². The van der Waals surface area contributed by atoms with Gasteiger partial charge in [0.15, 0.2) is 0 Å². The van der Waals surface area contributed by atoms with Crippen LogP contribution in [0.5, 0.6) is 0 Å². The van der Waals surface area contributed by atoms with Gasteiger partial charge in [-0.15, -0.1) is 0 Å². The largest absolute Gasteiger partial charge is 1.00 e. The molecule has 0 heterocycles. The molecule has 0 saturated heterocycles. The van der Waals surface area contributed by atoms with Crippen LogP contribution in [0.1, 0.15) is 58.3 Å². The van der Waals surface area contributed by atoms with Gasteiger partial charge in [0.05, 0.1) is 0 Å². The van der Waals surface area contributed by atoms with Gasteiger partial charge in [0, 0.05) is 6.61 Å². The Kier molecular flexibility index (Phi) is 42.3. The third kappa shape index (κ3) is 37.5. The molecule has 0 bridgehead atoms. The fraction of sp³-hybridized carbons (Fsp3) is 1.00. The second kappa shape index (κ2) is 27.2. The fourth-order valence-corrected chi connectivity index (χ4v) is 1.74. The van der Waals surface area contributed by atoms with Crippen LogP contribution in [0, 0.1) is 0 Å². The zero-order chi connectivity index (χ0) is 14.2. The summed E-state index contributed by atoms with van der Waals surface area (Å²) in [6.45, 7) is 2.61. The van der Waals surface area contributed by atoms with Gasteiger partial charge in [-0.25, -0.2) is 0 Å². The summed E-state index contributed by atoms with van der Waals surface area (Å²) in [6.07, 6.45) is 10.4. The first kappa shape index (κ1) is 31.1. The van der Waals surface area contributed by atoms with E-state index in [0.717, 1.165) is 6.42 Å². The van der Waals surface area contributed by atoms with Gasteiger partial charge in [0.1, 0.15) is 4.31 Å². The van der Waals surface area contributed by atoms with E-state index in [4.69, 9.17) is 5.11 Å². The maximum Gasteiger partial charge on any atom is 1.00 e. The maximum atomic E-state index is 9.24. The van der Waals surface area contributed by atoms with E-state index in [2.05, 4.69) is 11.2 Å². The standard InChI is InChI=1S/C10H22O.2K.O5P2/c1-2-3-4-5-6-7-8-9-10-11;;;1-6(2)5-7(3)4/h11H,2-10H2,1H3;;;/q;2*+1;. The van der Waals surface area contributed by atoms with Gasteiger partial charge in [-0.3, -0.25) is 0 Å². The van der Waals surface area contributed by atoms with Crippen LogP contribution in [0.3, 0.4) is 0 Å². The Morgan fingerprint density at radius 1 is 0.850 bits per heavy atom. The van der Waals surface area contributed by atoms with Gasteiger partial charge < -0.3 is 14.9 Å². The van der Waals surface area contributed by atoms with E-state index in [1.54, 1.807) is 0 Å². The molecule has 2 unspecified atom stereocenters. The van der Waals surface area contributed by atoms with Crippen molar-refractivity contribution in [1.82, 2.24) is 0 Å². The molecule has 0 amide bonds. The van der Waals surface area contributed by atoms with E-state index >= 15 is 0 Å². The van der Waals surface area contributed by atoms with E-state index in [0.29, 0.717) is 6.61 Å². The first-order valence-corrected chi connectivity index (χ1v) is 8.31. The summed E-state index contributed by atoms with van der Waals surface area (Å²) in [5, 5.41) is 8.51. The third-order valence-electron chi connectivity index (χ3n) is 2.15. The normalized spacial score (nSPS) is 10.4. The van der Waals surface area contributed by atoms with Crippen LogP contribution in [0.2, 0.25) is 0 Å². The van der Waals surface area contributed by atoms with E-state index in [9.17, 15) is 18.9 Å². The monoisotopic (exact) mass is 378 g/mol. The smallest absolute Gasteiger partial charge is 0.563 e. The van der Waals surface area contributed by atoms with Crippen LogP contribution in [0.4, 0.5) is 0 Å². The molecular formula is C10H22K2O6P2+2. The Bertz CT molecular complexity index is 202. The molecule has 0 fully saturated rings. The van der Waals surface area contributed by atoms with Gasteiger partial charge in [-0.1, -0.05) is 51.9 Å². The molecule has 1 N–H and O–H groups in total. The number of rotatable bonds is 10. The summed E-state index contributed by atoms with van der Waals surface area (Å²) in [4.78, 5) is 18.5. The van der Waals surface area contributed by atoms with Crippen LogP contribution < -0.4 is 113 Å². The molecule has 0 aromatic carbocycles. The molecule has 0 aliphatic heterocycles. The third-order valence-corrected chi connectivity index (χ3v) is 3.21. The van der Waals surface area contributed by atoms with Crippen LogP contribution in [-0.4, -0.2) is 11.7 Å². The van der Waals surface area contributed by atoms with Crippen LogP contribution in [0.25, 0.3) is 0 Å². The molecule has 20 heavy (non-hydrogen) atoms. The second-order valence-corrected chi connectivity index (χ2v) is 5.27. The van der Waals surface area contributed by atoms with E-state index in [1.807, 2.05) is 0 Å². The van der Waals surface area contributed by atoms with Crippen molar-refractivity contribution in [3.8, 4) is 0 Å². The minimum Gasteiger partial charge on any atom is -0.563 e. The summed E-state index contributed by atoms with van der Waals surface area (Å²) in [5.74, 6) is 0. The zero-order valence-electron chi connectivity index (χ0n) is 12.7. The summed E-state index contributed by atoms with van der Waals surface area (Å²) >= 11 is 0. The van der Waals surface area contributed by atoms with Crippen LogP contribution in [0.15, 0.2) is 0 Å². The van der Waals surface area contributed by atoms with Crippen molar-refractivity contribution in [3.05, 3.63) is 0 Å². The first-order chi connectivity index (χ1) is 8.54. The average molecular weight is 378 g/mol. The Labute approximate surface area is 208 Å². The predicted molar refractivity (Wildman–Crippen MR) is 66.0 cm³/mol. The predicted octanol–water partition coefficient (Wildman–Crippen LogP) is -3.83. The molecule has 0 aromatic heterocycles. The van der Waals surface area contributed by atoms with E-state index in [-0.39, 0.29) is 103 Å². The van der Waals surface area contributed by atoms with Crippen molar-refractivity contribution in [2.45, 2.75) is 58.3 Å². The minimum absolute atomic E-state index is 0. The van der Waals surface area contributed by atoms with Crippen molar-refractivity contribution in [2.24, 2.45) is 0 Å². The molecule has 0 aromatic rings. The van der Waals surface area contributed by atoms with Gasteiger partial charge >= 0.3 is 119 Å². The SMILES string of the molecule is CCCCCCCCCCO.O=[P+]([O-])O[P+](=O)[O-].[K+].[K+]. The van der Waals surface area contributed by atoms with Crippen molar-refractivity contribution >= 4 is 16.5 Å². The number of hydrogen-bond acceptors (Lipinski definition) is 6. The molecule has 10 heteroatoms. The number of aliphatic hydroxyl groups is 1. The first-order valence-electron chi connectivity index (χ1n) is 6.12. The summed E-state index contributed by atoms with van der Waals surface area (Å²) < 4.78 is 21.6. The minimum atomic E-state index is -3.24. The summed E-state index contributed by atoms with van der Waals surface area (Å²) in [5.41, 5.74) is 0. The maximum absolute atomic E-state index is 9.24. The van der Waals surface area contributed by atoms with Crippen molar-refractivity contribution < 1.29 is 131 Å². The van der Waals surface area contributed by atoms with Crippen molar-refractivity contribution in [3.63, 3.8) is 0 Å². The molecule has 0 spiro atoms. The molecule has 0 aliphatic rings. The molecule has 6 nitrogen and oxygen atoms in total. The topological polar surface area (TPSA) is 110 Å². The Balaban J connectivity index is -0.000000126. The van der Waals surface area contributed by atoms with Gasteiger partial charge in [0.2, 0.25) is 0 Å². The molecule has 2 atom stereocenters. The van der Waals surface area contributed by atoms with Crippen molar-refractivity contribution in [2.75, 3.05) is 6.61 Å². The zero-order valence-corrected chi connectivity index (χ0v) is 20.8. The Morgan fingerprint density at radius 3 is 1.45 bits per heavy atom. The number of hydrogen-bond donors (Lipinski definition) is 1. The molecule has 108 valence electrons. The average Bonchev–Trinajstić information content (AvgIpc) is 2.27. The van der Waals surface area contributed by atoms with E-state index in [1.165, 1.54) is 44.9 Å². The fourth-order valence-electron chi connectivity index (χ4n) is 1.30. The number of aliphatic hydroxyl groups excluding tert-OH is 1. The molecule has 0 aliphatic carbocycles. The van der Waals surface area contributed by atoms with Gasteiger partial charge in [0.25, 0.3) is 0 Å². The van der Waals surface area contributed by atoms with E-state index < -0.39 is 16.5 Å². The van der Waals surface area contributed by atoms with Crippen LogP contribution >= 0.6 is 16.5 Å². The number of unbranched alkanes of at least 4 members (excludes halogenated alkanes) is 7.